The first kappa shape index (κ1) is 34.5. The van der Waals surface area contributed by atoms with Crippen LogP contribution >= 0.6 is 21.6 Å². The number of carbonyl (C=O) groups is 4. The van der Waals surface area contributed by atoms with Gasteiger partial charge in [0.1, 0.15) is 0 Å². The Labute approximate surface area is 223 Å². The van der Waals surface area contributed by atoms with Gasteiger partial charge in [0.05, 0.1) is 12.1 Å². The lowest BCUT2D eigenvalue weighted by Crippen LogP contribution is -2.43. The van der Waals surface area contributed by atoms with Gasteiger partial charge in [0.25, 0.3) is 0 Å². The highest BCUT2D eigenvalue weighted by Crippen LogP contribution is 2.22. The molecule has 0 aliphatic carbocycles. The number of carboxylic acid groups (broad SMARTS) is 2. The lowest BCUT2D eigenvalue weighted by Gasteiger charge is -2.14. The van der Waals surface area contributed by atoms with E-state index in [9.17, 15) is 19.2 Å². The summed E-state index contributed by atoms with van der Waals surface area (Å²) in [6.45, 7) is 1.16. The largest absolute Gasteiger partial charge is 0.481 e. The fraction of sp³-hybridized carbons (Fsp3) is 0.833. The number of nitrogens with two attached hydrogens (primary N) is 2. The molecule has 0 heterocycles. The zero-order chi connectivity index (χ0) is 27.0. The van der Waals surface area contributed by atoms with Crippen molar-refractivity contribution < 1.29 is 29.4 Å². The Bertz CT molecular complexity index is 575. The minimum Gasteiger partial charge on any atom is -0.481 e. The maximum absolute atomic E-state index is 12.1. The number of hydrogen-bond acceptors (Lipinski definition) is 8. The third-order valence-corrected chi connectivity index (χ3v) is 7.96. The number of carboxylic acids is 2. The highest BCUT2D eigenvalue weighted by atomic mass is 33.1. The van der Waals surface area contributed by atoms with Crippen molar-refractivity contribution in [3.05, 3.63) is 0 Å². The molecule has 0 aromatic carbocycles. The molecule has 12 heteroatoms. The van der Waals surface area contributed by atoms with Gasteiger partial charge in [-0.3, -0.25) is 19.2 Å². The predicted octanol–water partition coefficient (Wildman–Crippen LogP) is 2.89. The SMILES string of the molecule is NC(CSSCC(N)C(=O)NCCCCCCCCC(=O)O)C(=O)NCCCCCCCCC(=O)O. The zero-order valence-corrected chi connectivity index (χ0v) is 23.0. The van der Waals surface area contributed by atoms with Crippen LogP contribution in [0.2, 0.25) is 0 Å². The van der Waals surface area contributed by atoms with E-state index in [1.807, 2.05) is 0 Å². The molecule has 0 aliphatic rings. The Kier molecular flexibility index (Phi) is 22.9. The van der Waals surface area contributed by atoms with Gasteiger partial charge in [0.15, 0.2) is 0 Å². The fourth-order valence-corrected chi connectivity index (χ4v) is 5.54. The number of hydrogen-bond donors (Lipinski definition) is 6. The molecule has 8 N–H and O–H groups in total. The smallest absolute Gasteiger partial charge is 0.303 e. The highest BCUT2D eigenvalue weighted by molar-refractivity contribution is 8.76. The van der Waals surface area contributed by atoms with Crippen molar-refractivity contribution in [2.75, 3.05) is 24.6 Å². The molecule has 2 unspecified atom stereocenters. The Morgan fingerprint density at radius 3 is 1.19 bits per heavy atom. The molecule has 10 nitrogen and oxygen atoms in total. The Morgan fingerprint density at radius 2 is 0.861 bits per heavy atom. The van der Waals surface area contributed by atoms with Crippen LogP contribution in [0.25, 0.3) is 0 Å². The Balaban J connectivity index is 3.60. The van der Waals surface area contributed by atoms with E-state index in [2.05, 4.69) is 10.6 Å². The predicted molar refractivity (Wildman–Crippen MR) is 147 cm³/mol. The number of rotatable bonds is 25. The minimum atomic E-state index is -0.749. The summed E-state index contributed by atoms with van der Waals surface area (Å²) in [5.74, 6) is -1.01. The average molecular weight is 551 g/mol. The maximum Gasteiger partial charge on any atom is 0.303 e. The van der Waals surface area contributed by atoms with Crippen LogP contribution in [0, 0.1) is 0 Å². The molecular formula is C24H46N4O6S2. The molecular weight excluding hydrogens is 504 g/mol. The summed E-state index contributed by atoms with van der Waals surface area (Å²) in [5, 5.41) is 22.9. The fourth-order valence-electron chi connectivity index (χ4n) is 3.30. The van der Waals surface area contributed by atoms with Crippen molar-refractivity contribution >= 4 is 45.3 Å². The van der Waals surface area contributed by atoms with Gasteiger partial charge in [0, 0.05) is 37.4 Å². The van der Waals surface area contributed by atoms with Gasteiger partial charge in [-0.2, -0.15) is 0 Å². The summed E-state index contributed by atoms with van der Waals surface area (Å²) in [6, 6.07) is -1.24. The van der Waals surface area contributed by atoms with Gasteiger partial charge in [-0.05, 0) is 25.7 Å². The summed E-state index contributed by atoms with van der Waals surface area (Å²) < 4.78 is 0. The van der Waals surface area contributed by atoms with Crippen molar-refractivity contribution in [3.8, 4) is 0 Å². The second kappa shape index (κ2) is 23.9. The van der Waals surface area contributed by atoms with Crippen molar-refractivity contribution in [2.24, 2.45) is 11.5 Å². The molecule has 210 valence electrons. The first-order valence-electron chi connectivity index (χ1n) is 13.0. The van der Waals surface area contributed by atoms with Crippen LogP contribution in [0.3, 0.4) is 0 Å². The van der Waals surface area contributed by atoms with Gasteiger partial charge in [-0.1, -0.05) is 73.0 Å². The van der Waals surface area contributed by atoms with Gasteiger partial charge < -0.3 is 32.3 Å². The maximum atomic E-state index is 12.1. The lowest BCUT2D eigenvalue weighted by molar-refractivity contribution is -0.138. The quantitative estimate of drug-likeness (QED) is 0.0729. The highest BCUT2D eigenvalue weighted by Gasteiger charge is 2.16. The van der Waals surface area contributed by atoms with Gasteiger partial charge in [0.2, 0.25) is 11.8 Å². The van der Waals surface area contributed by atoms with E-state index in [1.54, 1.807) is 0 Å². The lowest BCUT2D eigenvalue weighted by atomic mass is 10.1. The first-order valence-corrected chi connectivity index (χ1v) is 15.5. The van der Waals surface area contributed by atoms with Gasteiger partial charge in [-0.15, -0.1) is 0 Å². The van der Waals surface area contributed by atoms with E-state index in [1.165, 1.54) is 21.6 Å². The molecule has 0 rings (SSSR count). The van der Waals surface area contributed by atoms with E-state index in [0.717, 1.165) is 64.2 Å². The van der Waals surface area contributed by atoms with Gasteiger partial charge in [-0.25, -0.2) is 0 Å². The zero-order valence-electron chi connectivity index (χ0n) is 21.4. The van der Waals surface area contributed by atoms with Crippen molar-refractivity contribution in [1.29, 1.82) is 0 Å². The van der Waals surface area contributed by atoms with Crippen LogP contribution in [0.5, 0.6) is 0 Å². The van der Waals surface area contributed by atoms with Crippen LogP contribution < -0.4 is 22.1 Å². The van der Waals surface area contributed by atoms with E-state index >= 15 is 0 Å². The Morgan fingerprint density at radius 1 is 0.556 bits per heavy atom. The molecule has 0 radical (unpaired) electrons. The second-order valence-electron chi connectivity index (χ2n) is 8.89. The summed E-state index contributed by atoms with van der Waals surface area (Å²) in [6.07, 6.45) is 11.5. The summed E-state index contributed by atoms with van der Waals surface area (Å²) >= 11 is 0. The third kappa shape index (κ3) is 22.9. The van der Waals surface area contributed by atoms with Crippen LogP contribution in [-0.4, -0.2) is 70.6 Å². The molecule has 0 bridgehead atoms. The van der Waals surface area contributed by atoms with Crippen molar-refractivity contribution in [3.63, 3.8) is 0 Å². The number of unbranched alkanes of at least 4 members (excludes halogenated alkanes) is 10. The third-order valence-electron chi connectivity index (χ3n) is 5.49. The number of amides is 2. The summed E-state index contributed by atoms with van der Waals surface area (Å²) in [5.41, 5.74) is 11.9. The number of nitrogens with one attached hydrogen (secondary N) is 2. The van der Waals surface area contributed by atoms with Crippen LogP contribution in [-0.2, 0) is 19.2 Å². The topological polar surface area (TPSA) is 185 Å². The first-order chi connectivity index (χ1) is 17.2. The van der Waals surface area contributed by atoms with Crippen molar-refractivity contribution in [2.45, 2.75) is 102 Å². The van der Waals surface area contributed by atoms with Crippen LogP contribution in [0.1, 0.15) is 89.9 Å². The second-order valence-corrected chi connectivity index (χ2v) is 11.4. The van der Waals surface area contributed by atoms with Crippen LogP contribution in [0.15, 0.2) is 0 Å². The average Bonchev–Trinajstić information content (AvgIpc) is 2.83. The molecule has 0 aromatic heterocycles. The molecule has 2 amide bonds. The van der Waals surface area contributed by atoms with E-state index in [4.69, 9.17) is 21.7 Å². The Hall–Kier alpha value is -1.50. The molecule has 36 heavy (non-hydrogen) atoms. The summed E-state index contributed by atoms with van der Waals surface area (Å²) in [4.78, 5) is 45.0. The van der Waals surface area contributed by atoms with E-state index < -0.39 is 24.0 Å². The number of aliphatic carboxylic acids is 2. The molecule has 0 spiro atoms. The van der Waals surface area contributed by atoms with Crippen LogP contribution in [0.4, 0.5) is 0 Å². The monoisotopic (exact) mass is 550 g/mol. The molecule has 0 saturated carbocycles. The summed E-state index contributed by atoms with van der Waals surface area (Å²) in [7, 11) is 2.86. The van der Waals surface area contributed by atoms with Crippen molar-refractivity contribution in [1.82, 2.24) is 10.6 Å². The van der Waals surface area contributed by atoms with Gasteiger partial charge >= 0.3 is 11.9 Å². The number of carbonyl (C=O) groups excluding carboxylic acids is 2. The molecule has 2 atom stereocenters. The molecule has 0 aromatic rings. The van der Waals surface area contributed by atoms with E-state index in [0.29, 0.717) is 37.4 Å². The normalized spacial score (nSPS) is 12.6. The molecule has 0 aliphatic heterocycles. The standard InChI is InChI=1S/C24H46N4O6S2/c25-19(23(33)27-15-11-7-3-1-5-9-13-21(29)30)17-35-36-18-20(26)24(34)28-16-12-8-4-2-6-10-14-22(31)32/h19-20H,1-18,25-26H2,(H,27,33)(H,28,34)(H,29,30)(H,31,32). The molecule has 0 fully saturated rings. The van der Waals surface area contributed by atoms with E-state index in [-0.39, 0.29) is 24.7 Å². The minimum absolute atomic E-state index is 0.187. The molecule has 0 saturated heterocycles.